The molecule has 0 spiro atoms. The second kappa shape index (κ2) is 4.90. The lowest BCUT2D eigenvalue weighted by Gasteiger charge is -2.26. The molecule has 0 amide bonds. The first-order valence-electron chi connectivity index (χ1n) is 4.35. The van der Waals surface area contributed by atoms with Gasteiger partial charge in [-0.2, -0.15) is 0 Å². The van der Waals surface area contributed by atoms with E-state index in [9.17, 15) is 8.42 Å². The van der Waals surface area contributed by atoms with Crippen molar-refractivity contribution in [2.75, 3.05) is 45.6 Å². The Morgan fingerprint density at radius 1 is 1.38 bits per heavy atom. The maximum atomic E-state index is 11.1. The van der Waals surface area contributed by atoms with Gasteiger partial charge in [-0.05, 0) is 7.05 Å². The van der Waals surface area contributed by atoms with Crippen molar-refractivity contribution in [2.45, 2.75) is 0 Å². The van der Waals surface area contributed by atoms with Gasteiger partial charge in [0.15, 0.2) is 0 Å². The van der Waals surface area contributed by atoms with E-state index in [2.05, 4.69) is 9.62 Å². The summed E-state index contributed by atoms with van der Waals surface area (Å²) in [7, 11) is -1.61. The molecule has 78 valence electrons. The van der Waals surface area contributed by atoms with Gasteiger partial charge >= 0.3 is 0 Å². The average Bonchev–Trinajstić information content (AvgIpc) is 2.17. The summed E-state index contributed by atoms with van der Waals surface area (Å²) in [5, 5.41) is 0. The predicted octanol–water partition coefficient (Wildman–Crippen LogP) is -1.13. The second-order valence-corrected chi connectivity index (χ2v) is 5.02. The topological polar surface area (TPSA) is 58.6 Å². The molecule has 1 rings (SSSR count). The van der Waals surface area contributed by atoms with Crippen LogP contribution >= 0.6 is 0 Å². The fourth-order valence-corrected chi connectivity index (χ4v) is 1.88. The molecule has 0 aromatic heterocycles. The lowest BCUT2D eigenvalue weighted by Crippen LogP contribution is -2.40. The quantitative estimate of drug-likeness (QED) is 0.635. The molecule has 1 heterocycles. The number of rotatable bonds is 4. The van der Waals surface area contributed by atoms with Crippen LogP contribution in [0.15, 0.2) is 0 Å². The van der Waals surface area contributed by atoms with E-state index in [0.29, 0.717) is 19.8 Å². The van der Waals surface area contributed by atoms with Crippen LogP contribution in [0, 0.1) is 0 Å². The van der Waals surface area contributed by atoms with Crippen LogP contribution in [0.25, 0.3) is 0 Å². The average molecular weight is 208 g/mol. The lowest BCUT2D eigenvalue weighted by molar-refractivity contribution is 0.0408. The van der Waals surface area contributed by atoms with Crippen LogP contribution in [0.3, 0.4) is 0 Å². The molecule has 1 fully saturated rings. The van der Waals surface area contributed by atoms with E-state index < -0.39 is 10.0 Å². The third-order valence-electron chi connectivity index (χ3n) is 2.09. The molecule has 0 saturated carbocycles. The maximum Gasteiger partial charge on any atom is 0.212 e. The predicted molar refractivity (Wildman–Crippen MR) is 50.1 cm³/mol. The molecule has 1 saturated heterocycles. The van der Waals surface area contributed by atoms with Gasteiger partial charge in [-0.3, -0.25) is 4.90 Å². The molecule has 0 aliphatic carbocycles. The molecule has 1 N–H and O–H groups in total. The third kappa shape index (κ3) is 4.04. The molecular weight excluding hydrogens is 192 g/mol. The minimum atomic E-state index is -3.05. The number of hydrogen-bond donors (Lipinski definition) is 1. The Morgan fingerprint density at radius 3 is 2.54 bits per heavy atom. The van der Waals surface area contributed by atoms with E-state index in [4.69, 9.17) is 4.74 Å². The van der Waals surface area contributed by atoms with Gasteiger partial charge in [0.1, 0.15) is 0 Å². The Kier molecular flexibility index (Phi) is 4.11. The highest BCUT2D eigenvalue weighted by Gasteiger charge is 2.13. The van der Waals surface area contributed by atoms with Gasteiger partial charge < -0.3 is 4.74 Å². The first-order valence-corrected chi connectivity index (χ1v) is 6.00. The Morgan fingerprint density at radius 2 is 2.00 bits per heavy atom. The van der Waals surface area contributed by atoms with Crippen molar-refractivity contribution in [3.63, 3.8) is 0 Å². The summed E-state index contributed by atoms with van der Waals surface area (Å²) in [6.07, 6.45) is 0. The van der Waals surface area contributed by atoms with Crippen LogP contribution < -0.4 is 4.72 Å². The molecule has 0 bridgehead atoms. The Balaban J connectivity index is 2.25. The van der Waals surface area contributed by atoms with E-state index in [1.807, 2.05) is 0 Å². The summed E-state index contributed by atoms with van der Waals surface area (Å²) >= 11 is 0. The largest absolute Gasteiger partial charge is 0.379 e. The van der Waals surface area contributed by atoms with E-state index in [1.165, 1.54) is 7.05 Å². The first kappa shape index (κ1) is 10.9. The molecule has 0 radical (unpaired) electrons. The number of morpholine rings is 1. The van der Waals surface area contributed by atoms with Crippen molar-refractivity contribution in [2.24, 2.45) is 0 Å². The summed E-state index contributed by atoms with van der Waals surface area (Å²) in [4.78, 5) is 2.10. The third-order valence-corrected chi connectivity index (χ3v) is 3.43. The molecule has 5 nitrogen and oxygen atoms in total. The lowest BCUT2D eigenvalue weighted by atomic mass is 10.4. The first-order chi connectivity index (χ1) is 6.14. The summed E-state index contributed by atoms with van der Waals surface area (Å²) in [6, 6.07) is 0. The van der Waals surface area contributed by atoms with Gasteiger partial charge in [0, 0.05) is 19.6 Å². The maximum absolute atomic E-state index is 11.1. The van der Waals surface area contributed by atoms with E-state index in [0.717, 1.165) is 13.1 Å². The van der Waals surface area contributed by atoms with Gasteiger partial charge in [0.2, 0.25) is 10.0 Å². The van der Waals surface area contributed by atoms with Crippen LogP contribution in [-0.4, -0.2) is 59.0 Å². The molecule has 0 unspecified atom stereocenters. The van der Waals surface area contributed by atoms with E-state index >= 15 is 0 Å². The van der Waals surface area contributed by atoms with Crippen molar-refractivity contribution in [1.29, 1.82) is 0 Å². The van der Waals surface area contributed by atoms with E-state index in [1.54, 1.807) is 0 Å². The minimum Gasteiger partial charge on any atom is -0.379 e. The number of ether oxygens (including phenoxy) is 1. The highest BCUT2D eigenvalue weighted by Crippen LogP contribution is 1.96. The smallest absolute Gasteiger partial charge is 0.212 e. The van der Waals surface area contributed by atoms with Crippen LogP contribution in [-0.2, 0) is 14.8 Å². The Hall–Kier alpha value is -0.170. The summed E-state index contributed by atoms with van der Waals surface area (Å²) in [5.41, 5.74) is 0. The molecule has 0 aromatic carbocycles. The van der Waals surface area contributed by atoms with Gasteiger partial charge in [-0.1, -0.05) is 0 Å². The normalized spacial score (nSPS) is 20.4. The highest BCUT2D eigenvalue weighted by atomic mass is 32.2. The van der Waals surface area contributed by atoms with Gasteiger partial charge in [-0.15, -0.1) is 0 Å². The van der Waals surface area contributed by atoms with Crippen LogP contribution in [0.4, 0.5) is 0 Å². The number of hydrogen-bond acceptors (Lipinski definition) is 4. The van der Waals surface area contributed by atoms with Crippen molar-refractivity contribution >= 4 is 10.0 Å². The molecule has 13 heavy (non-hydrogen) atoms. The zero-order valence-corrected chi connectivity index (χ0v) is 8.64. The van der Waals surface area contributed by atoms with Gasteiger partial charge in [-0.25, -0.2) is 13.1 Å². The summed E-state index contributed by atoms with van der Waals surface area (Å²) in [6.45, 7) is 3.67. The molecule has 0 atom stereocenters. The van der Waals surface area contributed by atoms with Crippen LogP contribution in [0.1, 0.15) is 0 Å². The molecule has 0 aromatic rings. The monoisotopic (exact) mass is 208 g/mol. The minimum absolute atomic E-state index is 0.170. The van der Waals surface area contributed by atoms with Crippen LogP contribution in [0.2, 0.25) is 0 Å². The van der Waals surface area contributed by atoms with Gasteiger partial charge in [0.25, 0.3) is 0 Å². The zero-order chi connectivity index (χ0) is 9.73. The van der Waals surface area contributed by atoms with Crippen molar-refractivity contribution < 1.29 is 13.2 Å². The van der Waals surface area contributed by atoms with Crippen molar-refractivity contribution in [1.82, 2.24) is 9.62 Å². The Labute approximate surface area is 79.1 Å². The molecule has 1 aliphatic heterocycles. The fourth-order valence-electron chi connectivity index (χ4n) is 1.18. The zero-order valence-electron chi connectivity index (χ0n) is 7.82. The van der Waals surface area contributed by atoms with Crippen LogP contribution in [0.5, 0.6) is 0 Å². The standard InChI is InChI=1S/C7H16N2O3S/c1-8-13(10,11)7-4-9-2-5-12-6-3-9/h8H,2-7H2,1H3. The second-order valence-electron chi connectivity index (χ2n) is 2.98. The molecular formula is C7H16N2O3S. The summed E-state index contributed by atoms with van der Waals surface area (Å²) in [5.74, 6) is 0.170. The molecule has 1 aliphatic rings. The van der Waals surface area contributed by atoms with Gasteiger partial charge in [0.05, 0.1) is 19.0 Å². The van der Waals surface area contributed by atoms with Crippen molar-refractivity contribution in [3.05, 3.63) is 0 Å². The highest BCUT2D eigenvalue weighted by molar-refractivity contribution is 7.89. The summed E-state index contributed by atoms with van der Waals surface area (Å²) < 4.78 is 29.6. The Bertz CT molecular complexity index is 234. The SMILES string of the molecule is CNS(=O)(=O)CCN1CCOCC1. The van der Waals surface area contributed by atoms with E-state index in [-0.39, 0.29) is 5.75 Å². The fraction of sp³-hybridized carbons (Fsp3) is 1.00. The van der Waals surface area contributed by atoms with Crippen molar-refractivity contribution in [3.8, 4) is 0 Å². The number of nitrogens with zero attached hydrogens (tertiary/aromatic N) is 1. The number of sulfonamides is 1. The number of nitrogens with one attached hydrogen (secondary N) is 1. The molecule has 6 heteroatoms.